The molecule has 0 radical (unpaired) electrons. The molecule has 0 aliphatic rings. The molecule has 0 saturated heterocycles. The highest BCUT2D eigenvalue weighted by atomic mass is 32.3. The Kier molecular flexibility index (Phi) is 2.31. The Bertz CT molecular complexity index is 597. The zero-order valence-electron chi connectivity index (χ0n) is 8.14. The molecule has 0 unspecified atom stereocenters. The Balaban J connectivity index is 2.70. The standard InChI is InChI=1S/C8H9FN2O2S2/c1-5(2)6-4-11-7(15(9,12)13)3-10-8(11)14-6/h3-5H,1-2H3. The lowest BCUT2D eigenvalue weighted by molar-refractivity contribution is 0.546. The van der Waals surface area contributed by atoms with Crippen LogP contribution >= 0.6 is 11.3 Å². The van der Waals surface area contributed by atoms with Crippen LogP contribution in [0.3, 0.4) is 0 Å². The predicted octanol–water partition coefficient (Wildman–Crippen LogP) is 2.18. The van der Waals surface area contributed by atoms with Gasteiger partial charge in [-0.05, 0) is 5.92 Å². The van der Waals surface area contributed by atoms with Gasteiger partial charge >= 0.3 is 10.2 Å². The largest absolute Gasteiger partial charge is 0.349 e. The van der Waals surface area contributed by atoms with Crippen LogP contribution in [0.2, 0.25) is 0 Å². The molecule has 2 rings (SSSR count). The van der Waals surface area contributed by atoms with Gasteiger partial charge in [0.1, 0.15) is 0 Å². The molecule has 0 bridgehead atoms. The molecule has 2 aromatic rings. The number of hydrogen-bond acceptors (Lipinski definition) is 4. The lowest BCUT2D eigenvalue weighted by Crippen LogP contribution is -1.95. The van der Waals surface area contributed by atoms with Crippen molar-refractivity contribution in [1.29, 1.82) is 0 Å². The van der Waals surface area contributed by atoms with Crippen molar-refractivity contribution in [3.63, 3.8) is 0 Å². The number of nitrogens with zero attached hydrogens (tertiary/aromatic N) is 2. The SMILES string of the molecule is CC(C)c1cn2c(S(=O)(=O)F)cnc2s1. The van der Waals surface area contributed by atoms with Crippen molar-refractivity contribution in [1.82, 2.24) is 9.38 Å². The fraction of sp³-hybridized carbons (Fsp3) is 0.375. The van der Waals surface area contributed by atoms with E-state index in [1.54, 1.807) is 6.20 Å². The van der Waals surface area contributed by atoms with Crippen LogP contribution in [0.5, 0.6) is 0 Å². The molecule has 2 aromatic heterocycles. The van der Waals surface area contributed by atoms with Crippen LogP contribution in [0, 0.1) is 0 Å². The smallest absolute Gasteiger partial charge is 0.279 e. The van der Waals surface area contributed by atoms with E-state index in [4.69, 9.17) is 0 Å². The van der Waals surface area contributed by atoms with Crippen molar-refractivity contribution in [2.45, 2.75) is 24.8 Å². The van der Waals surface area contributed by atoms with E-state index in [1.165, 1.54) is 15.7 Å². The molecule has 82 valence electrons. The maximum Gasteiger partial charge on any atom is 0.349 e. The van der Waals surface area contributed by atoms with Crippen LogP contribution < -0.4 is 0 Å². The van der Waals surface area contributed by atoms with E-state index in [9.17, 15) is 12.3 Å². The Labute approximate surface area is 90.6 Å². The summed E-state index contributed by atoms with van der Waals surface area (Å²) in [6, 6.07) is 0. The second-order valence-corrected chi connectivity index (χ2v) is 5.81. The van der Waals surface area contributed by atoms with Gasteiger partial charge in [0.05, 0.1) is 6.20 Å². The molecule has 0 N–H and O–H groups in total. The van der Waals surface area contributed by atoms with Crippen LogP contribution in [0.15, 0.2) is 17.4 Å². The van der Waals surface area contributed by atoms with Crippen molar-refractivity contribution in [2.24, 2.45) is 0 Å². The van der Waals surface area contributed by atoms with Gasteiger partial charge in [-0.25, -0.2) is 4.98 Å². The summed E-state index contributed by atoms with van der Waals surface area (Å²) in [5, 5.41) is -0.402. The second-order valence-electron chi connectivity index (χ2n) is 3.48. The number of fused-ring (bicyclic) bond motifs is 1. The third-order valence-corrected chi connectivity index (χ3v) is 4.11. The minimum atomic E-state index is -4.69. The van der Waals surface area contributed by atoms with Gasteiger partial charge < -0.3 is 0 Å². The van der Waals surface area contributed by atoms with Crippen molar-refractivity contribution in [2.75, 3.05) is 0 Å². The highest BCUT2D eigenvalue weighted by Crippen LogP contribution is 2.27. The molecule has 0 amide bonds. The average molecular weight is 248 g/mol. The summed E-state index contributed by atoms with van der Waals surface area (Å²) < 4.78 is 35.6. The molecule has 4 nitrogen and oxygen atoms in total. The minimum Gasteiger partial charge on any atom is -0.279 e. The first-order chi connectivity index (χ1) is 6.89. The first kappa shape index (κ1) is 10.6. The first-order valence-corrected chi connectivity index (χ1v) is 6.51. The fourth-order valence-corrected chi connectivity index (χ4v) is 2.80. The van der Waals surface area contributed by atoms with Crippen molar-refractivity contribution in [3.05, 3.63) is 17.3 Å². The van der Waals surface area contributed by atoms with Crippen LogP contribution in [-0.2, 0) is 10.2 Å². The number of thiazole rings is 1. The minimum absolute atomic E-state index is 0.270. The Morgan fingerprint density at radius 2 is 2.20 bits per heavy atom. The molecule has 0 aliphatic heterocycles. The molecule has 0 spiro atoms. The van der Waals surface area contributed by atoms with Gasteiger partial charge in [-0.1, -0.05) is 17.7 Å². The van der Waals surface area contributed by atoms with Crippen molar-refractivity contribution >= 4 is 26.5 Å². The number of halogens is 1. The number of rotatable bonds is 2. The van der Waals surface area contributed by atoms with E-state index in [0.717, 1.165) is 11.1 Å². The summed E-state index contributed by atoms with van der Waals surface area (Å²) in [5.41, 5.74) is 0. The number of aromatic nitrogens is 2. The molecular weight excluding hydrogens is 239 g/mol. The van der Waals surface area contributed by atoms with Crippen molar-refractivity contribution < 1.29 is 12.3 Å². The van der Waals surface area contributed by atoms with Gasteiger partial charge in [0.2, 0.25) is 0 Å². The molecule has 15 heavy (non-hydrogen) atoms. The zero-order valence-corrected chi connectivity index (χ0v) is 9.77. The predicted molar refractivity (Wildman–Crippen MR) is 55.5 cm³/mol. The van der Waals surface area contributed by atoms with Gasteiger partial charge in [-0.15, -0.1) is 11.3 Å². The van der Waals surface area contributed by atoms with E-state index in [1.807, 2.05) is 13.8 Å². The highest BCUT2D eigenvalue weighted by Gasteiger charge is 2.20. The van der Waals surface area contributed by atoms with Crippen LogP contribution in [-0.4, -0.2) is 17.8 Å². The monoisotopic (exact) mass is 248 g/mol. The van der Waals surface area contributed by atoms with E-state index in [0.29, 0.717) is 4.96 Å². The van der Waals surface area contributed by atoms with Gasteiger partial charge in [-0.3, -0.25) is 4.40 Å². The molecule has 0 aliphatic carbocycles. The Morgan fingerprint density at radius 1 is 1.53 bits per heavy atom. The summed E-state index contributed by atoms with van der Waals surface area (Å²) in [7, 11) is -4.69. The lowest BCUT2D eigenvalue weighted by atomic mass is 10.2. The average Bonchev–Trinajstić information content (AvgIpc) is 2.56. The Morgan fingerprint density at radius 3 is 2.73 bits per heavy atom. The molecule has 0 atom stereocenters. The molecule has 7 heteroatoms. The summed E-state index contributed by atoms with van der Waals surface area (Å²) in [6.45, 7) is 3.96. The number of imidazole rings is 1. The van der Waals surface area contributed by atoms with E-state index in [-0.39, 0.29) is 5.92 Å². The highest BCUT2D eigenvalue weighted by molar-refractivity contribution is 7.86. The number of hydrogen-bond donors (Lipinski definition) is 0. The van der Waals surface area contributed by atoms with Crippen molar-refractivity contribution in [3.8, 4) is 0 Å². The molecule has 2 heterocycles. The fourth-order valence-electron chi connectivity index (χ4n) is 1.23. The quantitative estimate of drug-likeness (QED) is 0.765. The van der Waals surface area contributed by atoms with Gasteiger partial charge in [0, 0.05) is 11.1 Å². The molecule has 0 fully saturated rings. The first-order valence-electron chi connectivity index (χ1n) is 4.31. The molecule has 0 aromatic carbocycles. The Hall–Kier alpha value is -0.950. The summed E-state index contributed by atoms with van der Waals surface area (Å²) in [6.07, 6.45) is 2.65. The van der Waals surface area contributed by atoms with Gasteiger partial charge in [-0.2, -0.15) is 8.42 Å². The summed E-state index contributed by atoms with van der Waals surface area (Å²) >= 11 is 1.36. The summed E-state index contributed by atoms with van der Waals surface area (Å²) in [5.74, 6) is 0.270. The van der Waals surface area contributed by atoms with E-state index >= 15 is 0 Å². The third kappa shape index (κ3) is 1.76. The van der Waals surface area contributed by atoms with Gasteiger partial charge in [0.15, 0.2) is 9.99 Å². The zero-order chi connectivity index (χ0) is 11.2. The maximum atomic E-state index is 12.8. The lowest BCUT2D eigenvalue weighted by Gasteiger charge is -1.96. The van der Waals surface area contributed by atoms with Gasteiger partial charge in [0.25, 0.3) is 0 Å². The van der Waals surface area contributed by atoms with E-state index < -0.39 is 15.2 Å². The van der Waals surface area contributed by atoms with Crippen LogP contribution in [0.25, 0.3) is 4.96 Å². The second kappa shape index (κ2) is 3.28. The normalized spacial score (nSPS) is 12.8. The van der Waals surface area contributed by atoms with Crippen LogP contribution in [0.1, 0.15) is 24.6 Å². The molecule has 0 saturated carbocycles. The topological polar surface area (TPSA) is 51.4 Å². The van der Waals surface area contributed by atoms with Crippen LogP contribution in [0.4, 0.5) is 3.89 Å². The maximum absolute atomic E-state index is 12.8. The van der Waals surface area contributed by atoms with E-state index in [2.05, 4.69) is 4.98 Å². The summed E-state index contributed by atoms with van der Waals surface area (Å²) in [4.78, 5) is 5.32. The third-order valence-electron chi connectivity index (χ3n) is 2.01. The molecular formula is C8H9FN2O2S2.